The van der Waals surface area contributed by atoms with E-state index in [4.69, 9.17) is 0 Å². The van der Waals surface area contributed by atoms with Crippen LogP contribution in [-0.2, 0) is 16.9 Å². The number of nitrogens with zero attached hydrogens (tertiary/aromatic N) is 1. The molecule has 2 aromatic rings. The number of fused-ring (bicyclic) bond motifs is 1. The van der Waals surface area contributed by atoms with Gasteiger partial charge in [0.15, 0.2) is 17.1 Å². The maximum atomic E-state index is 13.6. The first kappa shape index (κ1) is 17.0. The minimum Gasteiger partial charge on any atom is -0.505 e. The number of rotatable bonds is 3. The molecule has 0 aliphatic carbocycles. The third kappa shape index (κ3) is 2.59. The zero-order valence-electron chi connectivity index (χ0n) is 13.8. The Hall–Kier alpha value is -3.49. The average Bonchev–Trinajstić information content (AvgIpc) is 3.06. The molecule has 7 nitrogen and oxygen atoms in total. The molecule has 2 aliphatic rings. The highest BCUT2D eigenvalue weighted by molar-refractivity contribution is 6.08. The number of hydrogen-bond donors (Lipinski definition) is 3. The van der Waals surface area contributed by atoms with Crippen molar-refractivity contribution in [1.29, 1.82) is 0 Å². The summed E-state index contributed by atoms with van der Waals surface area (Å²) in [4.78, 5) is 38.2. The van der Waals surface area contributed by atoms with Gasteiger partial charge in [-0.2, -0.15) is 0 Å². The number of carbonyl (C=O) groups is 3. The summed E-state index contributed by atoms with van der Waals surface area (Å²) in [7, 11) is 0. The van der Waals surface area contributed by atoms with Crippen molar-refractivity contribution in [3.8, 4) is 5.75 Å². The van der Waals surface area contributed by atoms with Gasteiger partial charge in [-0.1, -0.05) is 12.1 Å². The number of halogens is 2. The van der Waals surface area contributed by atoms with Crippen molar-refractivity contribution in [2.24, 2.45) is 0 Å². The van der Waals surface area contributed by atoms with Crippen LogP contribution < -0.4 is 10.6 Å². The number of phenols is 1. The number of urea groups is 1. The standard InChI is InChI=1S/C18H13F2N3O4/c19-11-3-1-10(2-4-11)18(16(26)21-17(27)22-18)8-23-7-9-5-14(24)13(20)6-12(9)15(23)25/h1-6,24H,7-8H2,(H2,21,22,26,27). The van der Waals surface area contributed by atoms with Crippen LogP contribution in [0.4, 0.5) is 13.6 Å². The normalized spacial score (nSPS) is 21.3. The molecular weight excluding hydrogens is 360 g/mol. The average molecular weight is 373 g/mol. The Bertz CT molecular complexity index is 993. The van der Waals surface area contributed by atoms with Crippen LogP contribution in [-0.4, -0.2) is 34.4 Å². The minimum atomic E-state index is -1.61. The van der Waals surface area contributed by atoms with Gasteiger partial charge in [-0.3, -0.25) is 14.9 Å². The molecule has 0 saturated carbocycles. The number of carbonyl (C=O) groups excluding carboxylic acids is 3. The zero-order chi connectivity index (χ0) is 19.3. The summed E-state index contributed by atoms with van der Waals surface area (Å²) in [5.41, 5.74) is -0.837. The summed E-state index contributed by atoms with van der Waals surface area (Å²) < 4.78 is 26.9. The van der Waals surface area contributed by atoms with Gasteiger partial charge in [-0.15, -0.1) is 0 Å². The van der Waals surface area contributed by atoms with Gasteiger partial charge >= 0.3 is 6.03 Å². The second-order valence-electron chi connectivity index (χ2n) is 6.44. The number of benzene rings is 2. The van der Waals surface area contributed by atoms with Gasteiger partial charge in [0.2, 0.25) is 0 Å². The number of nitrogens with one attached hydrogen (secondary N) is 2. The number of hydrogen-bond acceptors (Lipinski definition) is 4. The molecule has 27 heavy (non-hydrogen) atoms. The van der Waals surface area contributed by atoms with E-state index in [9.17, 15) is 28.3 Å². The second kappa shape index (κ2) is 5.76. The topological polar surface area (TPSA) is 98.7 Å². The first-order chi connectivity index (χ1) is 12.8. The largest absolute Gasteiger partial charge is 0.505 e. The molecule has 2 aromatic carbocycles. The minimum absolute atomic E-state index is 0.0219. The van der Waals surface area contributed by atoms with Gasteiger partial charge in [0, 0.05) is 12.1 Å². The van der Waals surface area contributed by atoms with Gasteiger partial charge in [0.1, 0.15) is 5.82 Å². The van der Waals surface area contributed by atoms with Crippen molar-refractivity contribution in [2.45, 2.75) is 12.1 Å². The highest BCUT2D eigenvalue weighted by Gasteiger charge is 2.50. The smallest absolute Gasteiger partial charge is 0.322 e. The van der Waals surface area contributed by atoms with Gasteiger partial charge in [0.25, 0.3) is 11.8 Å². The third-order valence-corrected chi connectivity index (χ3v) is 4.76. The van der Waals surface area contributed by atoms with E-state index in [0.29, 0.717) is 11.1 Å². The molecule has 0 radical (unpaired) electrons. The zero-order valence-corrected chi connectivity index (χ0v) is 13.8. The molecule has 3 N–H and O–H groups in total. The van der Waals surface area contributed by atoms with E-state index in [-0.39, 0.29) is 18.7 Å². The lowest BCUT2D eigenvalue weighted by Crippen LogP contribution is -2.52. The van der Waals surface area contributed by atoms with Crippen LogP contribution in [0.3, 0.4) is 0 Å². The van der Waals surface area contributed by atoms with E-state index in [1.807, 2.05) is 0 Å². The van der Waals surface area contributed by atoms with Crippen LogP contribution in [0.5, 0.6) is 5.75 Å². The van der Waals surface area contributed by atoms with Crippen LogP contribution >= 0.6 is 0 Å². The SMILES string of the molecule is O=C1NC(=O)C(CN2Cc3cc(O)c(F)cc3C2=O)(c2ccc(F)cc2)N1. The molecule has 4 rings (SSSR count). The van der Waals surface area contributed by atoms with Crippen LogP contribution in [0.15, 0.2) is 36.4 Å². The predicted molar refractivity (Wildman–Crippen MR) is 87.6 cm³/mol. The fourth-order valence-electron chi connectivity index (χ4n) is 3.43. The van der Waals surface area contributed by atoms with Gasteiger partial charge in [0.05, 0.1) is 6.54 Å². The highest BCUT2D eigenvalue weighted by Crippen LogP contribution is 2.33. The van der Waals surface area contributed by atoms with Crippen molar-refractivity contribution >= 4 is 17.8 Å². The summed E-state index contributed by atoms with van der Waals surface area (Å²) in [6, 6.07) is 6.33. The van der Waals surface area contributed by atoms with E-state index in [2.05, 4.69) is 10.6 Å². The highest BCUT2D eigenvalue weighted by atomic mass is 19.1. The van der Waals surface area contributed by atoms with Gasteiger partial charge in [-0.25, -0.2) is 13.6 Å². The Morgan fingerprint density at radius 2 is 1.81 bits per heavy atom. The van der Waals surface area contributed by atoms with E-state index in [1.54, 1.807) is 0 Å². The second-order valence-corrected chi connectivity index (χ2v) is 6.44. The first-order valence-corrected chi connectivity index (χ1v) is 8.00. The number of aromatic hydroxyl groups is 1. The monoisotopic (exact) mass is 373 g/mol. The van der Waals surface area contributed by atoms with Gasteiger partial charge < -0.3 is 15.3 Å². The Balaban J connectivity index is 1.72. The van der Waals surface area contributed by atoms with Crippen molar-refractivity contribution in [3.05, 3.63) is 64.7 Å². The van der Waals surface area contributed by atoms with Gasteiger partial charge in [-0.05, 0) is 35.4 Å². The predicted octanol–water partition coefficient (Wildman–Crippen LogP) is 1.36. The molecule has 2 aliphatic heterocycles. The summed E-state index contributed by atoms with van der Waals surface area (Å²) >= 11 is 0. The molecule has 1 fully saturated rings. The van der Waals surface area contributed by atoms with Crippen LogP contribution in [0.2, 0.25) is 0 Å². The third-order valence-electron chi connectivity index (χ3n) is 4.76. The van der Waals surface area contributed by atoms with Crippen molar-refractivity contribution < 1.29 is 28.3 Å². The maximum absolute atomic E-state index is 13.6. The summed E-state index contributed by atoms with van der Waals surface area (Å²) in [5, 5.41) is 14.1. The van der Waals surface area contributed by atoms with E-state index >= 15 is 0 Å². The first-order valence-electron chi connectivity index (χ1n) is 8.00. The van der Waals surface area contributed by atoms with Crippen LogP contribution in [0.25, 0.3) is 0 Å². The molecule has 138 valence electrons. The van der Waals surface area contributed by atoms with Crippen LogP contribution in [0.1, 0.15) is 21.5 Å². The molecule has 1 atom stereocenters. The number of phenolic OH excluding ortho intramolecular Hbond substituents is 1. The summed E-state index contributed by atoms with van der Waals surface area (Å²) in [6.45, 7) is -0.222. The van der Waals surface area contributed by atoms with Crippen molar-refractivity contribution in [2.75, 3.05) is 6.54 Å². The van der Waals surface area contributed by atoms with Crippen LogP contribution in [0, 0.1) is 11.6 Å². The fourth-order valence-corrected chi connectivity index (χ4v) is 3.43. The number of imide groups is 1. The molecule has 0 aromatic heterocycles. The lowest BCUT2D eigenvalue weighted by atomic mass is 9.89. The molecule has 2 heterocycles. The molecule has 4 amide bonds. The summed E-state index contributed by atoms with van der Waals surface area (Å²) in [5.74, 6) is -3.25. The molecule has 0 spiro atoms. The Morgan fingerprint density at radius 3 is 2.44 bits per heavy atom. The Kier molecular flexibility index (Phi) is 3.62. The molecular formula is C18H13F2N3O4. The van der Waals surface area contributed by atoms with E-state index in [1.165, 1.54) is 17.0 Å². The molecule has 9 heteroatoms. The quantitative estimate of drug-likeness (QED) is 0.708. The molecule has 0 bridgehead atoms. The lowest BCUT2D eigenvalue weighted by molar-refractivity contribution is -0.124. The molecule has 1 unspecified atom stereocenters. The maximum Gasteiger partial charge on any atom is 0.322 e. The summed E-state index contributed by atoms with van der Waals surface area (Å²) in [6.07, 6.45) is 0. The van der Waals surface area contributed by atoms with Crippen molar-refractivity contribution in [1.82, 2.24) is 15.5 Å². The number of amides is 4. The Labute approximate surface area is 151 Å². The molecule has 1 saturated heterocycles. The fraction of sp³-hybridized carbons (Fsp3) is 0.167. The van der Waals surface area contributed by atoms with E-state index in [0.717, 1.165) is 24.3 Å². The Morgan fingerprint density at radius 1 is 1.11 bits per heavy atom. The van der Waals surface area contributed by atoms with E-state index < -0.39 is 40.8 Å². The lowest BCUT2D eigenvalue weighted by Gasteiger charge is -2.31. The van der Waals surface area contributed by atoms with Crippen molar-refractivity contribution in [3.63, 3.8) is 0 Å².